The quantitative estimate of drug-likeness (QED) is 0.848. The van der Waals surface area contributed by atoms with E-state index in [9.17, 15) is 4.79 Å². The van der Waals surface area contributed by atoms with E-state index >= 15 is 0 Å². The maximum Gasteiger partial charge on any atom is 0.257 e. The summed E-state index contributed by atoms with van der Waals surface area (Å²) >= 11 is 1.82. The van der Waals surface area contributed by atoms with Crippen LogP contribution in [0.15, 0.2) is 24.5 Å². The molecule has 1 saturated heterocycles. The van der Waals surface area contributed by atoms with Crippen molar-refractivity contribution in [3.8, 4) is 5.00 Å². The Kier molecular flexibility index (Phi) is 3.99. The molecule has 0 atom stereocenters. The average molecular weight is 329 g/mol. The predicted molar refractivity (Wildman–Crippen MR) is 93.7 cm³/mol. The number of thiophene rings is 1. The van der Waals surface area contributed by atoms with Gasteiger partial charge in [-0.2, -0.15) is 0 Å². The van der Waals surface area contributed by atoms with Crippen LogP contribution in [0.5, 0.6) is 0 Å². The average Bonchev–Trinajstić information content (AvgIpc) is 3.22. The summed E-state index contributed by atoms with van der Waals surface area (Å²) in [5.41, 5.74) is 2.30. The van der Waals surface area contributed by atoms with Crippen molar-refractivity contribution in [3.05, 3.63) is 40.5 Å². The lowest BCUT2D eigenvalue weighted by atomic mass is 9.95. The first kappa shape index (κ1) is 15.0. The minimum absolute atomic E-state index is 0.237. The van der Waals surface area contributed by atoms with Crippen molar-refractivity contribution in [2.75, 3.05) is 33.2 Å². The monoisotopic (exact) mass is 329 g/mol. The molecule has 0 spiro atoms. The molecule has 4 rings (SSSR count). The van der Waals surface area contributed by atoms with E-state index in [1.807, 2.05) is 28.4 Å². The number of nitrogens with zero attached hydrogens (tertiary/aromatic N) is 3. The molecule has 122 valence electrons. The van der Waals surface area contributed by atoms with Crippen LogP contribution in [0.3, 0.4) is 0 Å². The Bertz CT molecular complexity index is 696. The zero-order valence-corrected chi connectivity index (χ0v) is 14.4. The highest BCUT2D eigenvalue weighted by molar-refractivity contribution is 7.15. The highest BCUT2D eigenvalue weighted by Gasteiger charge is 2.30. The van der Waals surface area contributed by atoms with Crippen molar-refractivity contribution in [2.45, 2.75) is 25.7 Å². The zero-order chi connectivity index (χ0) is 15.8. The topological polar surface area (TPSA) is 28.5 Å². The molecule has 0 radical (unpaired) electrons. The van der Waals surface area contributed by atoms with Crippen LogP contribution in [-0.2, 0) is 12.8 Å². The number of hydrogen-bond acceptors (Lipinski definition) is 3. The molecule has 3 heterocycles. The molecule has 5 heteroatoms. The number of fused-ring (bicyclic) bond motifs is 1. The van der Waals surface area contributed by atoms with E-state index in [-0.39, 0.29) is 5.91 Å². The number of amides is 1. The molecule has 23 heavy (non-hydrogen) atoms. The predicted octanol–water partition coefficient (Wildman–Crippen LogP) is 2.81. The molecule has 1 aliphatic carbocycles. The Morgan fingerprint density at radius 3 is 2.48 bits per heavy atom. The van der Waals surface area contributed by atoms with E-state index in [1.54, 1.807) is 0 Å². The molecule has 0 N–H and O–H groups in total. The van der Waals surface area contributed by atoms with Gasteiger partial charge in [-0.25, -0.2) is 0 Å². The summed E-state index contributed by atoms with van der Waals surface area (Å²) in [7, 11) is 2.12. The van der Waals surface area contributed by atoms with Gasteiger partial charge in [-0.1, -0.05) is 0 Å². The van der Waals surface area contributed by atoms with Crippen LogP contribution < -0.4 is 0 Å². The van der Waals surface area contributed by atoms with E-state index in [0.717, 1.165) is 49.6 Å². The van der Waals surface area contributed by atoms with Gasteiger partial charge in [0, 0.05) is 43.4 Å². The lowest BCUT2D eigenvalue weighted by Crippen LogP contribution is -2.47. The summed E-state index contributed by atoms with van der Waals surface area (Å²) < 4.78 is 2.12. The zero-order valence-electron chi connectivity index (χ0n) is 13.6. The second kappa shape index (κ2) is 6.13. The Morgan fingerprint density at radius 2 is 1.74 bits per heavy atom. The van der Waals surface area contributed by atoms with Crippen LogP contribution in [0.2, 0.25) is 0 Å². The van der Waals surface area contributed by atoms with E-state index < -0.39 is 0 Å². The van der Waals surface area contributed by atoms with Gasteiger partial charge in [0.1, 0.15) is 5.00 Å². The number of carbonyl (C=O) groups excluding carboxylic acids is 1. The molecule has 4 nitrogen and oxygen atoms in total. The fourth-order valence-corrected chi connectivity index (χ4v) is 4.94. The lowest BCUT2D eigenvalue weighted by molar-refractivity contribution is 0.0663. The number of carbonyl (C=O) groups is 1. The summed E-state index contributed by atoms with van der Waals surface area (Å²) in [5.74, 6) is 0.237. The van der Waals surface area contributed by atoms with Crippen LogP contribution in [-0.4, -0.2) is 53.5 Å². The summed E-state index contributed by atoms with van der Waals surface area (Å²) in [6, 6.07) is 4.06. The van der Waals surface area contributed by atoms with Gasteiger partial charge in [0.25, 0.3) is 5.91 Å². The van der Waals surface area contributed by atoms with Gasteiger partial charge in [-0.3, -0.25) is 4.79 Å². The maximum atomic E-state index is 13.3. The summed E-state index contributed by atoms with van der Waals surface area (Å²) in [5, 5.41) is 1.12. The van der Waals surface area contributed by atoms with E-state index in [2.05, 4.69) is 28.9 Å². The van der Waals surface area contributed by atoms with Crippen molar-refractivity contribution in [1.29, 1.82) is 0 Å². The maximum absolute atomic E-state index is 13.3. The minimum Gasteiger partial charge on any atom is -0.336 e. The lowest BCUT2D eigenvalue weighted by Gasteiger charge is -2.33. The third-order valence-electron chi connectivity index (χ3n) is 5.00. The first-order valence-electron chi connectivity index (χ1n) is 8.50. The highest BCUT2D eigenvalue weighted by Crippen LogP contribution is 2.37. The summed E-state index contributed by atoms with van der Waals surface area (Å²) in [4.78, 5) is 19.0. The van der Waals surface area contributed by atoms with Gasteiger partial charge in [0.15, 0.2) is 0 Å². The Morgan fingerprint density at radius 1 is 1.04 bits per heavy atom. The Balaban J connectivity index is 1.74. The van der Waals surface area contributed by atoms with E-state index in [4.69, 9.17) is 0 Å². The van der Waals surface area contributed by atoms with Crippen LogP contribution in [0.4, 0.5) is 0 Å². The van der Waals surface area contributed by atoms with Crippen LogP contribution >= 0.6 is 11.3 Å². The van der Waals surface area contributed by atoms with Crippen molar-refractivity contribution < 1.29 is 4.79 Å². The number of aromatic nitrogens is 1. The van der Waals surface area contributed by atoms with Gasteiger partial charge in [0.2, 0.25) is 0 Å². The molecule has 2 aromatic rings. The van der Waals surface area contributed by atoms with E-state index in [1.165, 1.54) is 23.3 Å². The van der Waals surface area contributed by atoms with Gasteiger partial charge in [-0.05, 0) is 50.4 Å². The number of rotatable bonds is 2. The Hall–Kier alpha value is -1.59. The van der Waals surface area contributed by atoms with Crippen LogP contribution in [0, 0.1) is 0 Å². The molecule has 0 unspecified atom stereocenters. The highest BCUT2D eigenvalue weighted by atomic mass is 32.1. The molecule has 2 aromatic heterocycles. The number of hydrogen-bond donors (Lipinski definition) is 0. The molecule has 1 fully saturated rings. The first-order valence-corrected chi connectivity index (χ1v) is 9.31. The second-order valence-electron chi connectivity index (χ2n) is 6.58. The molecule has 0 aromatic carbocycles. The molecule has 1 aliphatic heterocycles. The van der Waals surface area contributed by atoms with Crippen molar-refractivity contribution in [2.24, 2.45) is 0 Å². The van der Waals surface area contributed by atoms with Crippen molar-refractivity contribution in [1.82, 2.24) is 14.4 Å². The normalized spacial score (nSPS) is 18.9. The van der Waals surface area contributed by atoms with Crippen LogP contribution in [0.25, 0.3) is 5.00 Å². The second-order valence-corrected chi connectivity index (χ2v) is 7.66. The molecule has 0 bridgehead atoms. The number of likely N-dealkylation sites (N-methyl/N-ethyl adjacent to an activating group) is 1. The fourth-order valence-electron chi connectivity index (χ4n) is 3.59. The molecule has 2 aliphatic rings. The number of piperazine rings is 1. The molecule has 1 amide bonds. The smallest absolute Gasteiger partial charge is 0.257 e. The number of aryl methyl sites for hydroxylation is 1. The largest absolute Gasteiger partial charge is 0.336 e. The minimum atomic E-state index is 0.237. The van der Waals surface area contributed by atoms with Crippen molar-refractivity contribution in [3.63, 3.8) is 0 Å². The summed E-state index contributed by atoms with van der Waals surface area (Å²) in [6.45, 7) is 3.62. The molecular weight excluding hydrogens is 306 g/mol. The molecule has 0 saturated carbocycles. The standard InChI is InChI=1S/C18H23N3OS/c1-19-10-12-20(13-11-19)17(22)16-14-6-2-3-7-15(14)23-18(16)21-8-4-5-9-21/h4-5,8-9H,2-3,6-7,10-13H2,1H3. The van der Waals surface area contributed by atoms with Gasteiger partial charge < -0.3 is 14.4 Å². The first-order chi connectivity index (χ1) is 11.2. The fraction of sp³-hybridized carbons (Fsp3) is 0.500. The van der Waals surface area contributed by atoms with Crippen molar-refractivity contribution >= 4 is 17.2 Å². The molecular formula is C18H23N3OS. The van der Waals surface area contributed by atoms with Crippen LogP contribution in [0.1, 0.15) is 33.6 Å². The van der Waals surface area contributed by atoms with Gasteiger partial charge in [0.05, 0.1) is 5.56 Å². The van der Waals surface area contributed by atoms with E-state index in [0.29, 0.717) is 0 Å². The van der Waals surface area contributed by atoms with Gasteiger partial charge in [-0.15, -0.1) is 11.3 Å². The Labute approximate surface area is 141 Å². The third-order valence-corrected chi connectivity index (χ3v) is 6.30. The SMILES string of the molecule is CN1CCN(C(=O)c2c(-n3cccc3)sc3c2CCCC3)CC1. The third kappa shape index (κ3) is 2.72. The van der Waals surface area contributed by atoms with Gasteiger partial charge >= 0.3 is 0 Å². The summed E-state index contributed by atoms with van der Waals surface area (Å²) in [6.07, 6.45) is 8.75.